The zero-order chi connectivity index (χ0) is 14.5. The Morgan fingerprint density at radius 1 is 1.25 bits per heavy atom. The molecule has 1 amide bonds. The van der Waals surface area contributed by atoms with Crippen LogP contribution in [0.15, 0.2) is 42.5 Å². The molecule has 4 heteroatoms. The van der Waals surface area contributed by atoms with Crippen molar-refractivity contribution in [2.75, 3.05) is 12.9 Å². The van der Waals surface area contributed by atoms with Gasteiger partial charge in [-0.1, -0.05) is 30.3 Å². The molecule has 0 saturated carbocycles. The highest BCUT2D eigenvalue weighted by atomic mass is 32.2. The van der Waals surface area contributed by atoms with E-state index in [0.717, 1.165) is 10.8 Å². The number of nitrogens with one attached hydrogen (secondary N) is 1. The quantitative estimate of drug-likeness (QED) is 0.889. The van der Waals surface area contributed by atoms with E-state index in [2.05, 4.69) is 5.32 Å². The maximum absolute atomic E-state index is 12.2. The van der Waals surface area contributed by atoms with Crippen molar-refractivity contribution in [3.8, 4) is 0 Å². The lowest BCUT2D eigenvalue weighted by Crippen LogP contribution is -2.41. The van der Waals surface area contributed by atoms with Gasteiger partial charge in [0.15, 0.2) is 0 Å². The molecule has 0 fully saturated rings. The molecule has 0 aliphatic carbocycles. The van der Waals surface area contributed by atoms with Gasteiger partial charge in [-0.2, -0.15) is 11.8 Å². The van der Waals surface area contributed by atoms with Crippen LogP contribution in [0, 0.1) is 0 Å². The van der Waals surface area contributed by atoms with Gasteiger partial charge in [0, 0.05) is 16.9 Å². The van der Waals surface area contributed by atoms with Crippen molar-refractivity contribution in [2.24, 2.45) is 0 Å². The van der Waals surface area contributed by atoms with E-state index in [4.69, 9.17) is 0 Å². The number of thioether (sulfide) groups is 1. The van der Waals surface area contributed by atoms with Crippen molar-refractivity contribution in [1.29, 1.82) is 0 Å². The minimum absolute atomic E-state index is 0.0133. The fourth-order valence-corrected chi connectivity index (χ4v) is 2.78. The Labute approximate surface area is 123 Å². The van der Waals surface area contributed by atoms with Gasteiger partial charge in [0.1, 0.15) is 0 Å². The molecule has 2 rings (SSSR count). The van der Waals surface area contributed by atoms with Gasteiger partial charge < -0.3 is 10.4 Å². The van der Waals surface area contributed by atoms with E-state index in [0.29, 0.717) is 5.56 Å². The summed E-state index contributed by atoms with van der Waals surface area (Å²) in [5.74, 6) is -0.101. The Hall–Kier alpha value is -1.52. The second-order valence-electron chi connectivity index (χ2n) is 4.78. The van der Waals surface area contributed by atoms with E-state index in [-0.39, 0.29) is 23.8 Å². The molecule has 0 aliphatic heterocycles. The molecule has 0 radical (unpaired) electrons. The molecule has 2 atom stereocenters. The van der Waals surface area contributed by atoms with Crippen molar-refractivity contribution in [3.63, 3.8) is 0 Å². The molecule has 106 valence electrons. The molecular formula is C16H19NO2S. The highest BCUT2D eigenvalue weighted by Crippen LogP contribution is 2.16. The first kappa shape index (κ1) is 14.9. The van der Waals surface area contributed by atoms with Gasteiger partial charge >= 0.3 is 0 Å². The van der Waals surface area contributed by atoms with E-state index in [1.165, 1.54) is 0 Å². The third-order valence-electron chi connectivity index (χ3n) is 3.41. The molecule has 3 nitrogen and oxygen atoms in total. The summed E-state index contributed by atoms with van der Waals surface area (Å²) in [5.41, 5.74) is 0.647. The zero-order valence-electron chi connectivity index (χ0n) is 11.7. The lowest BCUT2D eigenvalue weighted by atomic mass is 10.1. The summed E-state index contributed by atoms with van der Waals surface area (Å²) >= 11 is 1.55. The topological polar surface area (TPSA) is 49.3 Å². The summed E-state index contributed by atoms with van der Waals surface area (Å²) in [6, 6.07) is 13.6. The van der Waals surface area contributed by atoms with Crippen LogP contribution in [0.25, 0.3) is 10.8 Å². The average Bonchev–Trinajstić information content (AvgIpc) is 2.48. The number of amides is 1. The Balaban J connectivity index is 2.15. The van der Waals surface area contributed by atoms with Crippen LogP contribution >= 0.6 is 11.8 Å². The van der Waals surface area contributed by atoms with Crippen LogP contribution in [0.4, 0.5) is 0 Å². The van der Waals surface area contributed by atoms with Crippen molar-refractivity contribution in [1.82, 2.24) is 5.32 Å². The van der Waals surface area contributed by atoms with Crippen LogP contribution in [0.3, 0.4) is 0 Å². The largest absolute Gasteiger partial charge is 0.395 e. The van der Waals surface area contributed by atoms with Gasteiger partial charge in [0.25, 0.3) is 5.91 Å². The van der Waals surface area contributed by atoms with Crippen molar-refractivity contribution >= 4 is 28.4 Å². The summed E-state index contributed by atoms with van der Waals surface area (Å²) < 4.78 is 0. The summed E-state index contributed by atoms with van der Waals surface area (Å²) in [6.07, 6.45) is 1.93. The van der Waals surface area contributed by atoms with Gasteiger partial charge in [-0.25, -0.2) is 0 Å². The van der Waals surface area contributed by atoms with Crippen LogP contribution in [-0.2, 0) is 0 Å². The number of aliphatic hydroxyl groups excluding tert-OH is 1. The van der Waals surface area contributed by atoms with Crippen molar-refractivity contribution < 1.29 is 9.90 Å². The SMILES string of the molecule is CSC(CO)C(C)NC(=O)c1ccc2ccccc2c1. The molecule has 0 saturated heterocycles. The van der Waals surface area contributed by atoms with Gasteiger partial charge in [-0.05, 0) is 36.1 Å². The molecule has 0 heterocycles. The number of benzene rings is 2. The van der Waals surface area contributed by atoms with Crippen LogP contribution in [0.5, 0.6) is 0 Å². The second kappa shape index (κ2) is 6.77. The third-order valence-corrected chi connectivity index (χ3v) is 4.57. The molecule has 0 bridgehead atoms. The first-order valence-electron chi connectivity index (χ1n) is 6.59. The number of carbonyl (C=O) groups is 1. The monoisotopic (exact) mass is 289 g/mol. The number of rotatable bonds is 5. The smallest absolute Gasteiger partial charge is 0.251 e. The highest BCUT2D eigenvalue weighted by Gasteiger charge is 2.18. The van der Waals surface area contributed by atoms with E-state index < -0.39 is 0 Å². The summed E-state index contributed by atoms with van der Waals surface area (Å²) in [4.78, 5) is 12.2. The van der Waals surface area contributed by atoms with Gasteiger partial charge in [0.05, 0.1) is 6.61 Å². The summed E-state index contributed by atoms with van der Waals surface area (Å²) in [7, 11) is 0. The minimum Gasteiger partial charge on any atom is -0.395 e. The number of hydrogen-bond donors (Lipinski definition) is 2. The number of carbonyl (C=O) groups excluding carboxylic acids is 1. The molecule has 2 aromatic rings. The molecular weight excluding hydrogens is 270 g/mol. The Morgan fingerprint density at radius 2 is 1.95 bits per heavy atom. The fourth-order valence-electron chi connectivity index (χ4n) is 2.15. The Bertz CT molecular complexity index is 596. The molecule has 2 unspecified atom stereocenters. The molecule has 20 heavy (non-hydrogen) atoms. The normalized spacial score (nSPS) is 13.9. The first-order valence-corrected chi connectivity index (χ1v) is 7.88. The predicted octanol–water partition coefficient (Wildman–Crippen LogP) is 2.68. The van der Waals surface area contributed by atoms with E-state index in [1.54, 1.807) is 11.8 Å². The van der Waals surface area contributed by atoms with Gasteiger partial charge in [0.2, 0.25) is 0 Å². The number of aliphatic hydroxyl groups is 1. The summed E-state index contributed by atoms with van der Waals surface area (Å²) in [6.45, 7) is 1.97. The molecule has 2 aromatic carbocycles. The van der Waals surface area contributed by atoms with E-state index >= 15 is 0 Å². The average molecular weight is 289 g/mol. The fraction of sp³-hybridized carbons (Fsp3) is 0.312. The first-order chi connectivity index (χ1) is 9.65. The van der Waals surface area contributed by atoms with Crippen molar-refractivity contribution in [3.05, 3.63) is 48.0 Å². The van der Waals surface area contributed by atoms with E-state index in [1.807, 2.05) is 55.6 Å². The maximum Gasteiger partial charge on any atom is 0.251 e. The van der Waals surface area contributed by atoms with Gasteiger partial charge in [-0.15, -0.1) is 0 Å². The number of hydrogen-bond acceptors (Lipinski definition) is 3. The van der Waals surface area contributed by atoms with E-state index in [9.17, 15) is 9.90 Å². The Morgan fingerprint density at radius 3 is 2.60 bits per heavy atom. The van der Waals surface area contributed by atoms with Crippen LogP contribution in [-0.4, -0.2) is 35.2 Å². The highest BCUT2D eigenvalue weighted by molar-refractivity contribution is 7.99. The lowest BCUT2D eigenvalue weighted by Gasteiger charge is -2.21. The standard InChI is InChI=1S/C16H19NO2S/c1-11(15(10-18)20-2)17-16(19)14-8-7-12-5-3-4-6-13(12)9-14/h3-9,11,15,18H,10H2,1-2H3,(H,17,19). The van der Waals surface area contributed by atoms with Crippen molar-refractivity contribution in [2.45, 2.75) is 18.2 Å². The zero-order valence-corrected chi connectivity index (χ0v) is 12.5. The molecule has 0 aliphatic rings. The molecule has 0 aromatic heterocycles. The molecule has 0 spiro atoms. The predicted molar refractivity (Wildman–Crippen MR) is 85.3 cm³/mol. The summed E-state index contributed by atoms with van der Waals surface area (Å²) in [5, 5.41) is 14.4. The van der Waals surface area contributed by atoms with Crippen LogP contribution < -0.4 is 5.32 Å². The Kier molecular flexibility index (Phi) is 5.04. The van der Waals surface area contributed by atoms with Crippen LogP contribution in [0.1, 0.15) is 17.3 Å². The maximum atomic E-state index is 12.2. The third kappa shape index (κ3) is 3.32. The lowest BCUT2D eigenvalue weighted by molar-refractivity contribution is 0.0936. The van der Waals surface area contributed by atoms with Gasteiger partial charge in [-0.3, -0.25) is 4.79 Å². The molecule has 2 N–H and O–H groups in total. The minimum atomic E-state index is -0.101. The van der Waals surface area contributed by atoms with Crippen LogP contribution in [0.2, 0.25) is 0 Å². The number of fused-ring (bicyclic) bond motifs is 1. The second-order valence-corrected chi connectivity index (χ2v) is 5.86.